The standard InChI is InChI=1S/C14H19BrOS/c15-13-6-2-1-5-12(13)9-16-10-14(11-17)7-3-4-8-14/h1-2,5-6,17H,3-4,7-11H2. The lowest BCUT2D eigenvalue weighted by Gasteiger charge is -2.26. The first-order chi connectivity index (χ1) is 8.26. The zero-order valence-electron chi connectivity index (χ0n) is 9.99. The van der Waals surface area contributed by atoms with E-state index in [2.05, 4.69) is 40.7 Å². The molecule has 17 heavy (non-hydrogen) atoms. The van der Waals surface area contributed by atoms with Crippen LogP contribution in [-0.4, -0.2) is 12.4 Å². The van der Waals surface area contributed by atoms with Gasteiger partial charge in [0.25, 0.3) is 0 Å². The Kier molecular flexibility index (Phi) is 4.95. The number of thiol groups is 1. The minimum atomic E-state index is 0.338. The van der Waals surface area contributed by atoms with E-state index in [1.807, 2.05) is 12.1 Å². The lowest BCUT2D eigenvalue weighted by atomic mass is 9.90. The van der Waals surface area contributed by atoms with Gasteiger partial charge in [0.15, 0.2) is 0 Å². The predicted octanol–water partition coefficient (Wildman–Crippen LogP) is 4.46. The lowest BCUT2D eigenvalue weighted by Crippen LogP contribution is -2.25. The third-order valence-corrected chi connectivity index (χ3v) is 5.07. The Labute approximate surface area is 117 Å². The molecule has 1 aromatic carbocycles. The van der Waals surface area contributed by atoms with Crippen molar-refractivity contribution >= 4 is 28.6 Å². The van der Waals surface area contributed by atoms with Crippen LogP contribution in [0.25, 0.3) is 0 Å². The van der Waals surface area contributed by atoms with Crippen molar-refractivity contribution in [2.24, 2.45) is 5.41 Å². The van der Waals surface area contributed by atoms with Crippen LogP contribution in [0.5, 0.6) is 0 Å². The van der Waals surface area contributed by atoms with Gasteiger partial charge in [0.2, 0.25) is 0 Å². The Hall–Kier alpha value is 0.01000. The summed E-state index contributed by atoms with van der Waals surface area (Å²) >= 11 is 8.04. The molecule has 1 aromatic rings. The molecular formula is C14H19BrOS. The highest BCUT2D eigenvalue weighted by Crippen LogP contribution is 2.39. The smallest absolute Gasteiger partial charge is 0.0728 e. The molecule has 0 atom stereocenters. The predicted molar refractivity (Wildman–Crippen MR) is 78.6 cm³/mol. The molecule has 0 aliphatic heterocycles. The highest BCUT2D eigenvalue weighted by atomic mass is 79.9. The van der Waals surface area contributed by atoms with Crippen LogP contribution in [0, 0.1) is 5.41 Å². The first-order valence-corrected chi connectivity index (χ1v) is 7.60. The van der Waals surface area contributed by atoms with Gasteiger partial charge in [-0.25, -0.2) is 0 Å². The molecule has 1 saturated carbocycles. The van der Waals surface area contributed by atoms with E-state index >= 15 is 0 Å². The largest absolute Gasteiger partial charge is 0.376 e. The van der Waals surface area contributed by atoms with Crippen LogP contribution in [0.4, 0.5) is 0 Å². The van der Waals surface area contributed by atoms with Crippen LogP contribution >= 0.6 is 28.6 Å². The second kappa shape index (κ2) is 6.26. The van der Waals surface area contributed by atoms with E-state index in [0.29, 0.717) is 12.0 Å². The molecule has 0 saturated heterocycles. The maximum Gasteiger partial charge on any atom is 0.0728 e. The summed E-state index contributed by atoms with van der Waals surface area (Å²) in [5, 5.41) is 0. The van der Waals surface area contributed by atoms with E-state index < -0.39 is 0 Å². The number of hydrogen-bond donors (Lipinski definition) is 1. The first kappa shape index (κ1) is 13.4. The van der Waals surface area contributed by atoms with E-state index in [-0.39, 0.29) is 0 Å². The maximum atomic E-state index is 5.90. The van der Waals surface area contributed by atoms with Gasteiger partial charge in [-0.05, 0) is 30.2 Å². The van der Waals surface area contributed by atoms with Gasteiger partial charge in [0.05, 0.1) is 13.2 Å². The van der Waals surface area contributed by atoms with E-state index in [0.717, 1.165) is 16.8 Å². The number of rotatable bonds is 5. The minimum absolute atomic E-state index is 0.338. The number of hydrogen-bond acceptors (Lipinski definition) is 2. The molecule has 1 fully saturated rings. The molecule has 0 bridgehead atoms. The normalized spacial score (nSPS) is 18.5. The van der Waals surface area contributed by atoms with Crippen LogP contribution in [-0.2, 0) is 11.3 Å². The van der Waals surface area contributed by atoms with Gasteiger partial charge in [0, 0.05) is 9.89 Å². The molecule has 0 radical (unpaired) electrons. The molecule has 0 unspecified atom stereocenters. The molecule has 94 valence electrons. The molecule has 0 N–H and O–H groups in total. The molecule has 0 amide bonds. The molecule has 1 aliphatic carbocycles. The minimum Gasteiger partial charge on any atom is -0.376 e. The van der Waals surface area contributed by atoms with Crippen LogP contribution in [0.15, 0.2) is 28.7 Å². The van der Waals surface area contributed by atoms with Crippen molar-refractivity contribution < 1.29 is 4.74 Å². The fraction of sp³-hybridized carbons (Fsp3) is 0.571. The van der Waals surface area contributed by atoms with Crippen molar-refractivity contribution in [2.75, 3.05) is 12.4 Å². The summed E-state index contributed by atoms with van der Waals surface area (Å²) in [6.07, 6.45) is 5.21. The van der Waals surface area contributed by atoms with Gasteiger partial charge in [-0.2, -0.15) is 12.6 Å². The SMILES string of the molecule is SCC1(COCc2ccccc2Br)CCCC1. The van der Waals surface area contributed by atoms with Gasteiger partial charge < -0.3 is 4.74 Å². The molecule has 2 rings (SSSR count). The van der Waals surface area contributed by atoms with Crippen LogP contribution < -0.4 is 0 Å². The Balaban J connectivity index is 1.85. The van der Waals surface area contributed by atoms with Crippen LogP contribution in [0.3, 0.4) is 0 Å². The monoisotopic (exact) mass is 314 g/mol. The van der Waals surface area contributed by atoms with Crippen molar-refractivity contribution in [1.82, 2.24) is 0 Å². The van der Waals surface area contributed by atoms with Gasteiger partial charge in [-0.1, -0.05) is 47.0 Å². The summed E-state index contributed by atoms with van der Waals surface area (Å²) in [5.74, 6) is 0.947. The topological polar surface area (TPSA) is 9.23 Å². The first-order valence-electron chi connectivity index (χ1n) is 6.18. The van der Waals surface area contributed by atoms with Crippen molar-refractivity contribution in [3.63, 3.8) is 0 Å². The van der Waals surface area contributed by atoms with Crippen molar-refractivity contribution in [2.45, 2.75) is 32.3 Å². The van der Waals surface area contributed by atoms with E-state index in [4.69, 9.17) is 4.74 Å². The Morgan fingerprint density at radius 2 is 1.94 bits per heavy atom. The van der Waals surface area contributed by atoms with E-state index in [1.165, 1.54) is 31.2 Å². The summed E-state index contributed by atoms with van der Waals surface area (Å²) in [6.45, 7) is 1.54. The van der Waals surface area contributed by atoms with Gasteiger partial charge in [0.1, 0.15) is 0 Å². The summed E-state index contributed by atoms with van der Waals surface area (Å²) in [7, 11) is 0. The van der Waals surface area contributed by atoms with Crippen molar-refractivity contribution in [3.8, 4) is 0 Å². The Morgan fingerprint density at radius 3 is 2.59 bits per heavy atom. The summed E-state index contributed by atoms with van der Waals surface area (Å²) < 4.78 is 7.03. The third kappa shape index (κ3) is 3.49. The summed E-state index contributed by atoms with van der Waals surface area (Å²) in [4.78, 5) is 0. The fourth-order valence-corrected chi connectivity index (χ4v) is 3.27. The Morgan fingerprint density at radius 1 is 1.24 bits per heavy atom. The van der Waals surface area contributed by atoms with E-state index in [1.54, 1.807) is 0 Å². The average Bonchev–Trinajstić information content (AvgIpc) is 2.81. The number of benzene rings is 1. The lowest BCUT2D eigenvalue weighted by molar-refractivity contribution is 0.0480. The molecule has 0 spiro atoms. The van der Waals surface area contributed by atoms with E-state index in [9.17, 15) is 0 Å². The van der Waals surface area contributed by atoms with Crippen molar-refractivity contribution in [1.29, 1.82) is 0 Å². The summed E-state index contributed by atoms with van der Waals surface area (Å²) in [6, 6.07) is 8.24. The maximum absolute atomic E-state index is 5.90. The fourth-order valence-electron chi connectivity index (χ4n) is 2.47. The van der Waals surface area contributed by atoms with Crippen LogP contribution in [0.1, 0.15) is 31.2 Å². The van der Waals surface area contributed by atoms with Gasteiger partial charge in [-0.3, -0.25) is 0 Å². The molecule has 1 aliphatic rings. The second-order valence-electron chi connectivity index (χ2n) is 4.95. The molecule has 0 heterocycles. The molecular weight excluding hydrogens is 296 g/mol. The number of halogens is 1. The molecule has 3 heteroatoms. The quantitative estimate of drug-likeness (QED) is 0.790. The third-order valence-electron chi connectivity index (χ3n) is 3.62. The van der Waals surface area contributed by atoms with Gasteiger partial charge >= 0.3 is 0 Å². The second-order valence-corrected chi connectivity index (χ2v) is 6.12. The average molecular weight is 315 g/mol. The van der Waals surface area contributed by atoms with Gasteiger partial charge in [-0.15, -0.1) is 0 Å². The number of ether oxygens (including phenoxy) is 1. The zero-order chi connectivity index (χ0) is 12.1. The highest BCUT2D eigenvalue weighted by Gasteiger charge is 2.32. The van der Waals surface area contributed by atoms with Crippen LogP contribution in [0.2, 0.25) is 0 Å². The molecule has 0 aromatic heterocycles. The highest BCUT2D eigenvalue weighted by molar-refractivity contribution is 9.10. The Bertz CT molecular complexity index is 361. The summed E-state index contributed by atoms with van der Waals surface area (Å²) in [5.41, 5.74) is 1.56. The zero-order valence-corrected chi connectivity index (χ0v) is 12.5. The van der Waals surface area contributed by atoms with Crippen molar-refractivity contribution in [3.05, 3.63) is 34.3 Å². The molecule has 1 nitrogen and oxygen atoms in total.